The highest BCUT2D eigenvalue weighted by molar-refractivity contribution is 7.93. The van der Waals surface area contributed by atoms with Gasteiger partial charge < -0.3 is 25.0 Å². The van der Waals surface area contributed by atoms with Gasteiger partial charge in [-0.2, -0.15) is 5.26 Å². The van der Waals surface area contributed by atoms with Crippen molar-refractivity contribution in [3.8, 4) is 11.9 Å². The van der Waals surface area contributed by atoms with Crippen LogP contribution in [-0.4, -0.2) is 62.6 Å². The second kappa shape index (κ2) is 17.0. The van der Waals surface area contributed by atoms with Crippen LogP contribution >= 0.6 is 0 Å². The van der Waals surface area contributed by atoms with E-state index in [0.29, 0.717) is 11.4 Å². The summed E-state index contributed by atoms with van der Waals surface area (Å²) in [6, 6.07) is 14.5. The minimum atomic E-state index is -4.24. The summed E-state index contributed by atoms with van der Waals surface area (Å²) in [7, 11) is -2.89. The van der Waals surface area contributed by atoms with E-state index in [0.717, 1.165) is 36.7 Å². The van der Waals surface area contributed by atoms with E-state index >= 15 is 0 Å². The number of aliphatic hydroxyl groups excluding tert-OH is 1. The number of aliphatic hydroxyl groups is 1. The molecule has 1 aromatic heterocycles. The molecule has 256 valence electrons. The van der Waals surface area contributed by atoms with E-state index in [1.807, 2.05) is 6.07 Å². The Morgan fingerprint density at radius 2 is 1.81 bits per heavy atom. The largest absolute Gasteiger partial charge is 0.493 e. The first-order valence-electron chi connectivity index (χ1n) is 15.6. The third kappa shape index (κ3) is 8.64. The number of aromatic nitrogens is 1. The SMILES string of the molecule is COCc1c(/N=N/c2ccccc2S(=O)(=O)N(CC2CCCCC2)c2ccc(NC(C)=O)cc2)c(O)n(CCOCCO)c(=O)c1C#N. The molecule has 1 fully saturated rings. The molecular weight excluding hydrogens is 640 g/mol. The number of aromatic hydroxyl groups is 1. The molecule has 4 rings (SSSR count). The Labute approximate surface area is 279 Å². The predicted octanol–water partition coefficient (Wildman–Crippen LogP) is 4.73. The van der Waals surface area contributed by atoms with Gasteiger partial charge in [0.25, 0.3) is 15.6 Å². The van der Waals surface area contributed by atoms with Crippen molar-refractivity contribution in [2.24, 2.45) is 16.1 Å². The molecular formula is C33H40N6O8S. The van der Waals surface area contributed by atoms with Gasteiger partial charge in [-0.3, -0.25) is 18.5 Å². The average Bonchev–Trinajstić information content (AvgIpc) is 3.07. The van der Waals surface area contributed by atoms with E-state index in [2.05, 4.69) is 15.5 Å². The Hall–Kier alpha value is -4.62. The van der Waals surface area contributed by atoms with Crippen LogP contribution < -0.4 is 15.2 Å². The minimum Gasteiger partial charge on any atom is -0.493 e. The van der Waals surface area contributed by atoms with Gasteiger partial charge >= 0.3 is 0 Å². The third-order valence-corrected chi connectivity index (χ3v) is 9.77. The Balaban J connectivity index is 1.79. The second-order valence-electron chi connectivity index (χ2n) is 11.3. The number of nitriles is 1. The highest BCUT2D eigenvalue weighted by Gasteiger charge is 2.31. The quantitative estimate of drug-likeness (QED) is 0.150. The van der Waals surface area contributed by atoms with Gasteiger partial charge in [0.15, 0.2) is 5.69 Å². The number of benzene rings is 2. The standard InChI is InChI=1S/C33H40N6O8S/c1-23(41)35-25-12-14-26(15-13-25)39(21-24-8-4-3-5-9-24)48(44,45)30-11-7-6-10-29(30)36-37-31-28(22-46-2)27(20-34)32(42)38(33(31)43)16-18-47-19-17-40/h6-7,10-15,24,40,43H,3-5,8-9,16-19,21-22H2,1-2H3,(H,35,41)/b37-36+. The van der Waals surface area contributed by atoms with Gasteiger partial charge in [0.05, 0.1) is 38.7 Å². The van der Waals surface area contributed by atoms with E-state index < -0.39 is 21.5 Å². The lowest BCUT2D eigenvalue weighted by Gasteiger charge is -2.31. The van der Waals surface area contributed by atoms with Crippen LogP contribution in [-0.2, 0) is 37.4 Å². The van der Waals surface area contributed by atoms with E-state index in [1.54, 1.807) is 36.4 Å². The molecule has 3 N–H and O–H groups in total. The maximum Gasteiger partial charge on any atom is 0.271 e. The molecule has 0 saturated heterocycles. The number of nitrogens with one attached hydrogen (secondary N) is 1. The van der Waals surface area contributed by atoms with Crippen molar-refractivity contribution in [2.45, 2.75) is 57.1 Å². The lowest BCUT2D eigenvalue weighted by Crippen LogP contribution is -2.36. The number of azo groups is 1. The molecule has 1 heterocycles. The fourth-order valence-electron chi connectivity index (χ4n) is 5.62. The topological polar surface area (TPSA) is 196 Å². The second-order valence-corrected chi connectivity index (χ2v) is 13.1. The monoisotopic (exact) mass is 680 g/mol. The average molecular weight is 681 g/mol. The summed E-state index contributed by atoms with van der Waals surface area (Å²) < 4.78 is 41.6. The number of sulfonamides is 1. The Morgan fingerprint density at radius 3 is 2.46 bits per heavy atom. The number of carbonyl (C=O) groups is 1. The van der Waals surface area contributed by atoms with Crippen LogP contribution in [0.4, 0.5) is 22.7 Å². The molecule has 0 spiro atoms. The van der Waals surface area contributed by atoms with Gasteiger partial charge in [0.2, 0.25) is 11.8 Å². The van der Waals surface area contributed by atoms with E-state index in [-0.39, 0.29) is 78.7 Å². The van der Waals surface area contributed by atoms with E-state index in [9.17, 15) is 28.4 Å². The number of pyridine rings is 1. The number of hydrogen-bond acceptors (Lipinski definition) is 11. The molecule has 48 heavy (non-hydrogen) atoms. The molecule has 1 aliphatic rings. The molecule has 14 nitrogen and oxygen atoms in total. The molecule has 3 aromatic rings. The van der Waals surface area contributed by atoms with Crippen molar-refractivity contribution in [2.75, 3.05) is 43.1 Å². The summed E-state index contributed by atoms with van der Waals surface area (Å²) in [5.41, 5.74) is -0.471. The molecule has 0 radical (unpaired) electrons. The van der Waals surface area contributed by atoms with Crippen LogP contribution in [0.1, 0.15) is 50.2 Å². The molecule has 1 amide bonds. The predicted molar refractivity (Wildman–Crippen MR) is 178 cm³/mol. The molecule has 1 aliphatic carbocycles. The molecule has 0 aliphatic heterocycles. The van der Waals surface area contributed by atoms with Gasteiger partial charge in [0.1, 0.15) is 22.2 Å². The summed E-state index contributed by atoms with van der Waals surface area (Å²) in [6.07, 6.45) is 4.91. The van der Waals surface area contributed by atoms with Crippen LogP contribution in [0.25, 0.3) is 0 Å². The van der Waals surface area contributed by atoms with Gasteiger partial charge in [-0.25, -0.2) is 8.42 Å². The van der Waals surface area contributed by atoms with Crippen LogP contribution in [0.2, 0.25) is 0 Å². The number of ether oxygens (including phenoxy) is 2. The van der Waals surface area contributed by atoms with Crippen molar-refractivity contribution >= 4 is 38.7 Å². The number of anilines is 2. The summed E-state index contributed by atoms with van der Waals surface area (Å²) in [5, 5.41) is 41.1. The number of methoxy groups -OCH3 is 1. The molecule has 0 bridgehead atoms. The maximum absolute atomic E-state index is 14.5. The molecule has 2 aromatic carbocycles. The zero-order valence-corrected chi connectivity index (χ0v) is 27.8. The van der Waals surface area contributed by atoms with Crippen molar-refractivity contribution in [3.05, 3.63) is 70.0 Å². The molecule has 15 heteroatoms. The summed E-state index contributed by atoms with van der Waals surface area (Å²) in [4.78, 5) is 24.5. The lowest BCUT2D eigenvalue weighted by molar-refractivity contribution is -0.114. The van der Waals surface area contributed by atoms with Crippen LogP contribution in [0, 0.1) is 17.2 Å². The van der Waals surface area contributed by atoms with Gasteiger partial charge in [-0.15, -0.1) is 10.2 Å². The number of hydrogen-bond donors (Lipinski definition) is 3. The first kappa shape index (κ1) is 36.2. The first-order valence-corrected chi connectivity index (χ1v) is 17.0. The molecule has 0 unspecified atom stereocenters. The van der Waals surface area contributed by atoms with Gasteiger partial charge in [-0.05, 0) is 55.2 Å². The third-order valence-electron chi connectivity index (χ3n) is 7.92. The lowest BCUT2D eigenvalue weighted by atomic mass is 9.89. The van der Waals surface area contributed by atoms with Crippen molar-refractivity contribution < 1.29 is 32.9 Å². The number of rotatable bonds is 15. The minimum absolute atomic E-state index is 0.0113. The summed E-state index contributed by atoms with van der Waals surface area (Å²) >= 11 is 0. The zero-order chi connectivity index (χ0) is 34.7. The first-order chi connectivity index (χ1) is 23.1. The smallest absolute Gasteiger partial charge is 0.271 e. The van der Waals surface area contributed by atoms with Gasteiger partial charge in [-0.1, -0.05) is 31.4 Å². The number of amides is 1. The Morgan fingerprint density at radius 1 is 1.10 bits per heavy atom. The van der Waals surface area contributed by atoms with Crippen molar-refractivity contribution in [1.82, 2.24) is 4.57 Å². The normalized spacial score (nSPS) is 13.8. The van der Waals surface area contributed by atoms with Crippen LogP contribution in [0.5, 0.6) is 5.88 Å². The summed E-state index contributed by atoms with van der Waals surface area (Å²) in [6.45, 7) is 0.934. The highest BCUT2D eigenvalue weighted by atomic mass is 32.2. The Kier molecular flexibility index (Phi) is 12.8. The summed E-state index contributed by atoms with van der Waals surface area (Å²) in [5.74, 6) is -0.723. The molecule has 1 saturated carbocycles. The van der Waals surface area contributed by atoms with E-state index in [4.69, 9.17) is 14.6 Å². The fourth-order valence-corrected chi connectivity index (χ4v) is 7.29. The van der Waals surface area contributed by atoms with Gasteiger partial charge in [0, 0.05) is 31.8 Å². The maximum atomic E-state index is 14.5. The molecule has 0 atom stereocenters. The van der Waals surface area contributed by atoms with Crippen molar-refractivity contribution in [3.63, 3.8) is 0 Å². The fraction of sp³-hybridized carbons (Fsp3) is 0.424. The Bertz CT molecular complexity index is 1810. The zero-order valence-electron chi connectivity index (χ0n) is 27.0. The van der Waals surface area contributed by atoms with Crippen LogP contribution in [0.15, 0.2) is 68.4 Å². The number of nitrogens with zero attached hydrogens (tertiary/aromatic N) is 5. The van der Waals surface area contributed by atoms with Crippen molar-refractivity contribution in [1.29, 1.82) is 5.26 Å². The van der Waals surface area contributed by atoms with E-state index in [1.165, 1.54) is 30.5 Å². The number of carbonyl (C=O) groups excluding carboxylic acids is 1. The van der Waals surface area contributed by atoms with Crippen LogP contribution in [0.3, 0.4) is 0 Å². The highest BCUT2D eigenvalue weighted by Crippen LogP contribution is 2.37.